The van der Waals surface area contributed by atoms with Crippen molar-refractivity contribution in [1.29, 1.82) is 0 Å². The standard InChI is InChI=1S/C12H19N5O3/c18-11(19)5-4-9-3-1-2-6-17(9)12(20)13-7-10-14-8-15-16-10/h8-9H,1-7H2,(H,13,20)(H,18,19)(H,14,15,16). The molecule has 2 amide bonds. The van der Waals surface area contributed by atoms with E-state index in [2.05, 4.69) is 20.5 Å². The Hall–Kier alpha value is -2.12. The summed E-state index contributed by atoms with van der Waals surface area (Å²) in [5.74, 6) is -0.227. The number of carboxylic acids is 1. The van der Waals surface area contributed by atoms with Crippen molar-refractivity contribution in [2.75, 3.05) is 6.54 Å². The van der Waals surface area contributed by atoms with E-state index in [0.29, 0.717) is 25.3 Å². The Bertz CT molecular complexity index is 448. The average Bonchev–Trinajstić information content (AvgIpc) is 2.96. The number of carboxylic acid groups (broad SMARTS) is 1. The lowest BCUT2D eigenvalue weighted by Gasteiger charge is -2.35. The average molecular weight is 281 g/mol. The number of rotatable bonds is 5. The smallest absolute Gasteiger partial charge is 0.318 e. The number of aromatic amines is 1. The summed E-state index contributed by atoms with van der Waals surface area (Å²) in [4.78, 5) is 28.5. The summed E-state index contributed by atoms with van der Waals surface area (Å²) >= 11 is 0. The van der Waals surface area contributed by atoms with E-state index in [0.717, 1.165) is 19.3 Å². The molecular formula is C12H19N5O3. The molecule has 0 radical (unpaired) electrons. The van der Waals surface area contributed by atoms with Gasteiger partial charge in [0.15, 0.2) is 0 Å². The van der Waals surface area contributed by atoms with E-state index in [1.165, 1.54) is 6.33 Å². The third-order valence-electron chi connectivity index (χ3n) is 3.45. The number of nitrogens with zero attached hydrogens (tertiary/aromatic N) is 3. The summed E-state index contributed by atoms with van der Waals surface area (Å²) in [6, 6.07) is -0.161. The molecule has 1 fully saturated rings. The van der Waals surface area contributed by atoms with Crippen LogP contribution in [0.15, 0.2) is 6.33 Å². The summed E-state index contributed by atoms with van der Waals surface area (Å²) in [6.45, 7) is 0.966. The van der Waals surface area contributed by atoms with Gasteiger partial charge in [0.05, 0.1) is 6.54 Å². The number of amides is 2. The second kappa shape index (κ2) is 6.88. The highest BCUT2D eigenvalue weighted by atomic mass is 16.4. The summed E-state index contributed by atoms with van der Waals surface area (Å²) in [7, 11) is 0. The largest absolute Gasteiger partial charge is 0.481 e. The highest BCUT2D eigenvalue weighted by molar-refractivity contribution is 5.74. The van der Waals surface area contributed by atoms with Crippen LogP contribution in [0.2, 0.25) is 0 Å². The van der Waals surface area contributed by atoms with Crippen molar-refractivity contribution in [1.82, 2.24) is 25.4 Å². The van der Waals surface area contributed by atoms with Crippen LogP contribution < -0.4 is 5.32 Å². The van der Waals surface area contributed by atoms with Crippen LogP contribution in [0.1, 0.15) is 37.9 Å². The van der Waals surface area contributed by atoms with Crippen molar-refractivity contribution in [3.63, 3.8) is 0 Å². The Balaban J connectivity index is 1.86. The van der Waals surface area contributed by atoms with E-state index in [1.807, 2.05) is 0 Å². The van der Waals surface area contributed by atoms with Gasteiger partial charge in [-0.1, -0.05) is 0 Å². The summed E-state index contributed by atoms with van der Waals surface area (Å²) < 4.78 is 0. The van der Waals surface area contributed by atoms with Crippen molar-refractivity contribution in [3.8, 4) is 0 Å². The zero-order valence-corrected chi connectivity index (χ0v) is 11.2. The van der Waals surface area contributed by atoms with Crippen LogP contribution in [-0.2, 0) is 11.3 Å². The topological polar surface area (TPSA) is 111 Å². The number of hydrogen-bond donors (Lipinski definition) is 3. The van der Waals surface area contributed by atoms with Gasteiger partial charge in [0.2, 0.25) is 0 Å². The molecule has 0 aromatic carbocycles. The van der Waals surface area contributed by atoms with Crippen molar-refractivity contribution < 1.29 is 14.7 Å². The number of urea groups is 1. The Kier molecular flexibility index (Phi) is 4.91. The maximum atomic E-state index is 12.2. The van der Waals surface area contributed by atoms with E-state index in [1.54, 1.807) is 4.90 Å². The maximum absolute atomic E-state index is 12.2. The number of carbonyl (C=O) groups is 2. The number of piperidine rings is 1. The summed E-state index contributed by atoms with van der Waals surface area (Å²) in [5.41, 5.74) is 0. The fraction of sp³-hybridized carbons (Fsp3) is 0.667. The van der Waals surface area contributed by atoms with Gasteiger partial charge in [0, 0.05) is 19.0 Å². The lowest BCUT2D eigenvalue weighted by atomic mass is 9.98. The number of likely N-dealkylation sites (tertiary alicyclic amines) is 1. The normalized spacial score (nSPS) is 18.8. The number of H-pyrrole nitrogens is 1. The van der Waals surface area contributed by atoms with Crippen molar-refractivity contribution in [2.24, 2.45) is 0 Å². The molecule has 0 aliphatic carbocycles. The molecule has 8 heteroatoms. The minimum atomic E-state index is -0.822. The highest BCUT2D eigenvalue weighted by Gasteiger charge is 2.26. The fourth-order valence-corrected chi connectivity index (χ4v) is 2.44. The molecule has 1 unspecified atom stereocenters. The zero-order chi connectivity index (χ0) is 14.4. The predicted molar refractivity (Wildman–Crippen MR) is 69.8 cm³/mol. The van der Waals surface area contributed by atoms with Crippen molar-refractivity contribution in [2.45, 2.75) is 44.7 Å². The second-order valence-corrected chi connectivity index (χ2v) is 4.87. The minimum Gasteiger partial charge on any atom is -0.481 e. The van der Waals surface area contributed by atoms with Crippen molar-refractivity contribution in [3.05, 3.63) is 12.2 Å². The molecule has 20 heavy (non-hydrogen) atoms. The first-order chi connectivity index (χ1) is 9.66. The van der Waals surface area contributed by atoms with E-state index in [9.17, 15) is 9.59 Å². The summed E-state index contributed by atoms with van der Waals surface area (Å²) in [5, 5.41) is 17.9. The number of carbonyl (C=O) groups excluding carboxylic acids is 1. The van der Waals surface area contributed by atoms with Gasteiger partial charge in [-0.25, -0.2) is 9.78 Å². The van der Waals surface area contributed by atoms with Gasteiger partial charge >= 0.3 is 12.0 Å². The molecule has 1 aliphatic rings. The van der Waals surface area contributed by atoms with E-state index < -0.39 is 5.97 Å². The molecule has 0 saturated carbocycles. The van der Waals surface area contributed by atoms with Crippen LogP contribution in [0.5, 0.6) is 0 Å². The number of hydrogen-bond acceptors (Lipinski definition) is 4. The molecule has 3 N–H and O–H groups in total. The molecule has 2 heterocycles. The zero-order valence-electron chi connectivity index (χ0n) is 11.2. The van der Waals surface area contributed by atoms with Crippen LogP contribution in [-0.4, -0.2) is 49.8 Å². The Labute approximate surface area is 116 Å². The Morgan fingerprint density at radius 3 is 3.05 bits per heavy atom. The van der Waals surface area contributed by atoms with Crippen LogP contribution in [0.3, 0.4) is 0 Å². The van der Waals surface area contributed by atoms with Gasteiger partial charge in [0.25, 0.3) is 0 Å². The number of aliphatic carboxylic acids is 1. The van der Waals surface area contributed by atoms with Crippen LogP contribution in [0, 0.1) is 0 Å². The van der Waals surface area contributed by atoms with Gasteiger partial charge in [-0.05, 0) is 25.7 Å². The molecule has 8 nitrogen and oxygen atoms in total. The van der Waals surface area contributed by atoms with Crippen LogP contribution >= 0.6 is 0 Å². The number of nitrogens with one attached hydrogen (secondary N) is 2. The van der Waals surface area contributed by atoms with Gasteiger partial charge in [-0.3, -0.25) is 9.89 Å². The predicted octanol–water partition coefficient (Wildman–Crippen LogP) is 0.734. The molecule has 1 saturated heterocycles. The molecule has 1 atom stereocenters. The number of aromatic nitrogens is 3. The first kappa shape index (κ1) is 14.3. The molecule has 1 aromatic rings. The van der Waals surface area contributed by atoms with Gasteiger partial charge in [-0.15, -0.1) is 0 Å². The molecule has 0 bridgehead atoms. The van der Waals surface area contributed by atoms with Crippen LogP contribution in [0.4, 0.5) is 4.79 Å². The molecule has 0 spiro atoms. The molecule has 2 rings (SSSR count). The molecular weight excluding hydrogens is 262 g/mol. The Morgan fingerprint density at radius 2 is 2.35 bits per heavy atom. The lowest BCUT2D eigenvalue weighted by Crippen LogP contribution is -2.48. The van der Waals surface area contributed by atoms with E-state index in [4.69, 9.17) is 5.11 Å². The molecule has 110 valence electrons. The first-order valence-corrected chi connectivity index (χ1v) is 6.77. The maximum Gasteiger partial charge on any atom is 0.318 e. The quantitative estimate of drug-likeness (QED) is 0.737. The first-order valence-electron chi connectivity index (χ1n) is 6.77. The monoisotopic (exact) mass is 281 g/mol. The SMILES string of the molecule is O=C(O)CCC1CCCCN1C(=O)NCc1ncn[nH]1. The summed E-state index contributed by atoms with van der Waals surface area (Å²) in [6.07, 6.45) is 4.85. The fourth-order valence-electron chi connectivity index (χ4n) is 2.44. The molecule has 1 aromatic heterocycles. The van der Waals surface area contributed by atoms with Gasteiger partial charge in [-0.2, -0.15) is 5.10 Å². The van der Waals surface area contributed by atoms with E-state index in [-0.39, 0.29) is 18.5 Å². The van der Waals surface area contributed by atoms with E-state index >= 15 is 0 Å². The van der Waals surface area contributed by atoms with Crippen LogP contribution in [0.25, 0.3) is 0 Å². The highest BCUT2D eigenvalue weighted by Crippen LogP contribution is 2.20. The van der Waals surface area contributed by atoms with Gasteiger partial charge < -0.3 is 15.3 Å². The third-order valence-corrected chi connectivity index (χ3v) is 3.45. The third kappa shape index (κ3) is 3.94. The van der Waals surface area contributed by atoms with Crippen molar-refractivity contribution >= 4 is 12.0 Å². The molecule has 1 aliphatic heterocycles. The van der Waals surface area contributed by atoms with Gasteiger partial charge in [0.1, 0.15) is 12.2 Å². The minimum absolute atomic E-state index is 0.00887. The lowest BCUT2D eigenvalue weighted by molar-refractivity contribution is -0.137. The second-order valence-electron chi connectivity index (χ2n) is 4.87. The Morgan fingerprint density at radius 1 is 1.50 bits per heavy atom.